The molecular formula is C22H34N6O2. The number of benzene rings is 1. The van der Waals surface area contributed by atoms with Gasteiger partial charge in [0.05, 0.1) is 19.7 Å². The predicted molar refractivity (Wildman–Crippen MR) is 118 cm³/mol. The van der Waals surface area contributed by atoms with Gasteiger partial charge in [0.15, 0.2) is 11.8 Å². The van der Waals surface area contributed by atoms with E-state index in [9.17, 15) is 0 Å². The normalized spacial score (nSPS) is 13.8. The minimum absolute atomic E-state index is 0.525. The van der Waals surface area contributed by atoms with Crippen LogP contribution in [0.4, 0.5) is 0 Å². The van der Waals surface area contributed by atoms with Crippen LogP contribution >= 0.6 is 0 Å². The van der Waals surface area contributed by atoms with Crippen LogP contribution in [0.3, 0.4) is 0 Å². The Balaban J connectivity index is 1.63. The van der Waals surface area contributed by atoms with E-state index < -0.39 is 0 Å². The fraction of sp³-hybridized carbons (Fsp3) is 0.591. The standard InChI is InChI=1S/C22H34N6O2/c1-4-23-22(25-16-21-27-26-20-8-6-7-11-28(20)21)24-15-18-10-9-17(3)14-19(18)30-13-12-29-5-2/h9-10,14H,4-8,11-13,15-16H2,1-3H3,(H2,23,24,25). The molecule has 0 bridgehead atoms. The quantitative estimate of drug-likeness (QED) is 0.353. The van der Waals surface area contributed by atoms with Crippen LogP contribution in [0, 0.1) is 6.92 Å². The van der Waals surface area contributed by atoms with Crippen LogP contribution in [-0.2, 0) is 30.8 Å². The summed E-state index contributed by atoms with van der Waals surface area (Å²) >= 11 is 0. The largest absolute Gasteiger partial charge is 0.491 e. The maximum absolute atomic E-state index is 5.94. The molecule has 0 unspecified atom stereocenters. The zero-order valence-corrected chi connectivity index (χ0v) is 18.4. The zero-order chi connectivity index (χ0) is 21.2. The molecule has 3 rings (SSSR count). The third kappa shape index (κ3) is 6.19. The van der Waals surface area contributed by atoms with Gasteiger partial charge in [-0.15, -0.1) is 10.2 Å². The molecule has 2 heterocycles. The molecule has 0 aliphatic carbocycles. The van der Waals surface area contributed by atoms with E-state index in [1.807, 2.05) is 6.92 Å². The molecule has 8 nitrogen and oxygen atoms in total. The number of aryl methyl sites for hydroxylation is 2. The lowest BCUT2D eigenvalue weighted by atomic mass is 10.1. The Morgan fingerprint density at radius 2 is 2.07 bits per heavy atom. The summed E-state index contributed by atoms with van der Waals surface area (Å²) in [7, 11) is 0. The van der Waals surface area contributed by atoms with Crippen LogP contribution < -0.4 is 15.4 Å². The summed E-state index contributed by atoms with van der Waals surface area (Å²) in [6.45, 7) is 10.8. The summed E-state index contributed by atoms with van der Waals surface area (Å²) in [6.07, 6.45) is 3.40. The smallest absolute Gasteiger partial charge is 0.191 e. The van der Waals surface area contributed by atoms with Gasteiger partial charge in [-0.05, 0) is 45.2 Å². The Kier molecular flexibility index (Phi) is 8.50. The van der Waals surface area contributed by atoms with E-state index in [0.29, 0.717) is 32.9 Å². The van der Waals surface area contributed by atoms with Gasteiger partial charge in [-0.2, -0.15) is 0 Å². The Morgan fingerprint density at radius 1 is 1.17 bits per heavy atom. The monoisotopic (exact) mass is 414 g/mol. The fourth-order valence-electron chi connectivity index (χ4n) is 3.45. The number of fused-ring (bicyclic) bond motifs is 1. The molecule has 0 amide bonds. The topological polar surface area (TPSA) is 85.6 Å². The molecule has 0 saturated carbocycles. The molecule has 30 heavy (non-hydrogen) atoms. The lowest BCUT2D eigenvalue weighted by Gasteiger charge is -2.16. The molecule has 8 heteroatoms. The lowest BCUT2D eigenvalue weighted by Crippen LogP contribution is -2.37. The van der Waals surface area contributed by atoms with Crippen molar-refractivity contribution in [1.29, 1.82) is 0 Å². The Bertz CT molecular complexity index is 833. The molecule has 0 spiro atoms. The SMILES string of the molecule is CCNC(=NCc1ccc(C)cc1OCCOCC)NCc1nnc2n1CCCC2. The highest BCUT2D eigenvalue weighted by atomic mass is 16.5. The van der Waals surface area contributed by atoms with Crippen molar-refractivity contribution in [2.45, 2.75) is 59.7 Å². The number of aliphatic imine (C=N–C) groups is 1. The second-order valence-corrected chi connectivity index (χ2v) is 7.35. The lowest BCUT2D eigenvalue weighted by molar-refractivity contribution is 0.110. The predicted octanol–water partition coefficient (Wildman–Crippen LogP) is 2.59. The summed E-state index contributed by atoms with van der Waals surface area (Å²) < 4.78 is 13.5. The minimum Gasteiger partial charge on any atom is -0.491 e. The number of nitrogens with one attached hydrogen (secondary N) is 2. The van der Waals surface area contributed by atoms with Crippen molar-refractivity contribution in [3.8, 4) is 5.75 Å². The van der Waals surface area contributed by atoms with Crippen molar-refractivity contribution < 1.29 is 9.47 Å². The first kappa shape index (κ1) is 22.1. The highest BCUT2D eigenvalue weighted by molar-refractivity contribution is 5.79. The molecule has 0 atom stereocenters. The number of rotatable bonds is 10. The number of guanidine groups is 1. The number of hydrogen-bond acceptors (Lipinski definition) is 5. The Morgan fingerprint density at radius 3 is 2.90 bits per heavy atom. The second-order valence-electron chi connectivity index (χ2n) is 7.35. The van der Waals surface area contributed by atoms with Crippen LogP contribution in [0.2, 0.25) is 0 Å². The van der Waals surface area contributed by atoms with E-state index in [1.54, 1.807) is 0 Å². The molecule has 1 aliphatic rings. The average molecular weight is 415 g/mol. The van der Waals surface area contributed by atoms with E-state index >= 15 is 0 Å². The maximum atomic E-state index is 5.94. The molecule has 1 aromatic heterocycles. The van der Waals surface area contributed by atoms with Gasteiger partial charge >= 0.3 is 0 Å². The molecule has 1 aliphatic heterocycles. The van der Waals surface area contributed by atoms with Gasteiger partial charge in [0.25, 0.3) is 0 Å². The molecule has 0 saturated heterocycles. The van der Waals surface area contributed by atoms with Crippen LogP contribution in [-0.4, -0.2) is 47.1 Å². The van der Waals surface area contributed by atoms with Crippen molar-refractivity contribution in [2.75, 3.05) is 26.4 Å². The van der Waals surface area contributed by atoms with Gasteiger partial charge in [0.2, 0.25) is 0 Å². The third-order valence-corrected chi connectivity index (χ3v) is 5.01. The Hall–Kier alpha value is -2.61. The molecule has 0 radical (unpaired) electrons. The van der Waals surface area contributed by atoms with Crippen molar-refractivity contribution in [2.24, 2.45) is 4.99 Å². The first-order valence-electron chi connectivity index (χ1n) is 10.9. The molecular weight excluding hydrogens is 380 g/mol. The average Bonchev–Trinajstić information content (AvgIpc) is 3.17. The molecule has 1 aromatic carbocycles. The van der Waals surface area contributed by atoms with Crippen LogP contribution in [0.15, 0.2) is 23.2 Å². The summed E-state index contributed by atoms with van der Waals surface area (Å²) in [4.78, 5) is 4.76. The van der Waals surface area contributed by atoms with E-state index in [4.69, 9.17) is 14.5 Å². The molecule has 2 N–H and O–H groups in total. The highest BCUT2D eigenvalue weighted by Gasteiger charge is 2.15. The Labute approximate surface area is 179 Å². The number of nitrogens with zero attached hydrogens (tertiary/aromatic N) is 4. The second kappa shape index (κ2) is 11.5. The van der Waals surface area contributed by atoms with Crippen LogP contribution in [0.1, 0.15) is 49.5 Å². The third-order valence-electron chi connectivity index (χ3n) is 5.01. The van der Waals surface area contributed by atoms with Crippen molar-refractivity contribution in [1.82, 2.24) is 25.4 Å². The van der Waals surface area contributed by atoms with Gasteiger partial charge in [-0.1, -0.05) is 12.1 Å². The highest BCUT2D eigenvalue weighted by Crippen LogP contribution is 2.21. The van der Waals surface area contributed by atoms with Gasteiger partial charge in [-0.3, -0.25) is 0 Å². The van der Waals surface area contributed by atoms with Gasteiger partial charge in [0, 0.05) is 31.7 Å². The van der Waals surface area contributed by atoms with Crippen molar-refractivity contribution in [3.05, 3.63) is 41.0 Å². The summed E-state index contributed by atoms with van der Waals surface area (Å²) in [6, 6.07) is 6.22. The van der Waals surface area contributed by atoms with Crippen LogP contribution in [0.5, 0.6) is 5.75 Å². The van der Waals surface area contributed by atoms with Gasteiger partial charge < -0.3 is 24.7 Å². The first-order chi connectivity index (χ1) is 14.7. The number of hydrogen-bond donors (Lipinski definition) is 2. The number of aromatic nitrogens is 3. The van der Waals surface area contributed by atoms with Crippen molar-refractivity contribution >= 4 is 5.96 Å². The molecule has 0 fully saturated rings. The van der Waals surface area contributed by atoms with Crippen LogP contribution in [0.25, 0.3) is 0 Å². The van der Waals surface area contributed by atoms with E-state index in [-0.39, 0.29) is 0 Å². The zero-order valence-electron chi connectivity index (χ0n) is 18.4. The molecule has 164 valence electrons. The maximum Gasteiger partial charge on any atom is 0.191 e. The first-order valence-corrected chi connectivity index (χ1v) is 10.9. The molecule has 2 aromatic rings. The number of ether oxygens (including phenoxy) is 2. The minimum atomic E-state index is 0.525. The summed E-state index contributed by atoms with van der Waals surface area (Å²) in [5, 5.41) is 15.4. The van der Waals surface area contributed by atoms with Gasteiger partial charge in [-0.25, -0.2) is 4.99 Å². The van der Waals surface area contributed by atoms with Crippen molar-refractivity contribution in [3.63, 3.8) is 0 Å². The van der Waals surface area contributed by atoms with E-state index in [1.165, 1.54) is 12.8 Å². The van der Waals surface area contributed by atoms with E-state index in [2.05, 4.69) is 57.4 Å². The fourth-order valence-corrected chi connectivity index (χ4v) is 3.45. The van der Waals surface area contributed by atoms with E-state index in [0.717, 1.165) is 54.0 Å². The summed E-state index contributed by atoms with van der Waals surface area (Å²) in [5.41, 5.74) is 2.21. The summed E-state index contributed by atoms with van der Waals surface area (Å²) in [5.74, 6) is 3.67. The van der Waals surface area contributed by atoms with Gasteiger partial charge in [0.1, 0.15) is 18.2 Å².